The molecule has 1 aliphatic rings. The minimum atomic E-state index is -0.0161. The number of hydrogen-bond acceptors (Lipinski definition) is 3. The van der Waals surface area contributed by atoms with E-state index in [9.17, 15) is 0 Å². The normalized spacial score (nSPS) is 26.5. The lowest BCUT2D eigenvalue weighted by molar-refractivity contribution is 0.102. The van der Waals surface area contributed by atoms with Gasteiger partial charge in [0.25, 0.3) is 0 Å². The highest BCUT2D eigenvalue weighted by Crippen LogP contribution is 2.27. The van der Waals surface area contributed by atoms with Crippen LogP contribution in [0.25, 0.3) is 0 Å². The molecular formula is C14H22N2O. The highest BCUT2D eigenvalue weighted by atomic mass is 16.5. The van der Waals surface area contributed by atoms with Crippen LogP contribution in [-0.4, -0.2) is 11.1 Å². The number of nitrogens with zero attached hydrogens (tertiary/aromatic N) is 1. The van der Waals surface area contributed by atoms with Gasteiger partial charge in [0.05, 0.1) is 11.9 Å². The van der Waals surface area contributed by atoms with Crippen LogP contribution in [0.15, 0.2) is 18.3 Å². The topological polar surface area (TPSA) is 48.1 Å². The zero-order valence-corrected chi connectivity index (χ0v) is 10.7. The number of ether oxygens (including phenoxy) is 1. The molecule has 3 atom stereocenters. The predicted molar refractivity (Wildman–Crippen MR) is 68.9 cm³/mol. The van der Waals surface area contributed by atoms with E-state index in [-0.39, 0.29) is 6.04 Å². The highest BCUT2D eigenvalue weighted by Gasteiger charge is 2.22. The van der Waals surface area contributed by atoms with Crippen molar-refractivity contribution in [2.45, 2.75) is 51.7 Å². The van der Waals surface area contributed by atoms with Crippen molar-refractivity contribution >= 4 is 0 Å². The van der Waals surface area contributed by atoms with Crippen LogP contribution >= 0.6 is 0 Å². The maximum Gasteiger partial charge on any atom is 0.138 e. The molecule has 94 valence electrons. The second-order valence-corrected chi connectivity index (χ2v) is 5.13. The molecule has 0 radical (unpaired) electrons. The average molecular weight is 234 g/mol. The van der Waals surface area contributed by atoms with Crippen LogP contribution in [0.4, 0.5) is 0 Å². The van der Waals surface area contributed by atoms with Crippen LogP contribution in [0.2, 0.25) is 0 Å². The SMILES string of the molecule is CC(N)c1ccc(OC2CCCCC2C)cn1. The Balaban J connectivity index is 1.98. The lowest BCUT2D eigenvalue weighted by Crippen LogP contribution is -2.28. The fourth-order valence-electron chi connectivity index (χ4n) is 2.36. The van der Waals surface area contributed by atoms with Crippen LogP contribution in [0.5, 0.6) is 5.75 Å². The zero-order chi connectivity index (χ0) is 12.3. The molecule has 2 rings (SSSR count). The first-order valence-electron chi connectivity index (χ1n) is 6.55. The van der Waals surface area contributed by atoms with E-state index in [4.69, 9.17) is 10.5 Å². The molecule has 17 heavy (non-hydrogen) atoms. The van der Waals surface area contributed by atoms with Gasteiger partial charge in [-0.3, -0.25) is 4.98 Å². The molecule has 3 heteroatoms. The first-order chi connectivity index (χ1) is 8.16. The van der Waals surface area contributed by atoms with E-state index in [1.807, 2.05) is 19.1 Å². The Morgan fingerprint density at radius 1 is 1.35 bits per heavy atom. The second kappa shape index (κ2) is 5.50. The first kappa shape index (κ1) is 12.4. The van der Waals surface area contributed by atoms with Gasteiger partial charge in [0, 0.05) is 6.04 Å². The summed E-state index contributed by atoms with van der Waals surface area (Å²) >= 11 is 0. The number of hydrogen-bond donors (Lipinski definition) is 1. The molecular weight excluding hydrogens is 212 g/mol. The fraction of sp³-hybridized carbons (Fsp3) is 0.643. The summed E-state index contributed by atoms with van der Waals surface area (Å²) in [6.45, 7) is 4.21. The molecule has 3 nitrogen and oxygen atoms in total. The number of rotatable bonds is 3. The molecule has 1 aromatic rings. The van der Waals surface area contributed by atoms with Gasteiger partial charge < -0.3 is 10.5 Å². The Morgan fingerprint density at radius 3 is 2.71 bits per heavy atom. The van der Waals surface area contributed by atoms with Gasteiger partial charge in [-0.15, -0.1) is 0 Å². The van der Waals surface area contributed by atoms with Gasteiger partial charge in [-0.25, -0.2) is 0 Å². The Kier molecular flexibility index (Phi) is 4.00. The van der Waals surface area contributed by atoms with Crippen LogP contribution in [-0.2, 0) is 0 Å². The van der Waals surface area contributed by atoms with E-state index in [0.717, 1.165) is 17.9 Å². The van der Waals surface area contributed by atoms with Crippen molar-refractivity contribution in [3.63, 3.8) is 0 Å². The van der Waals surface area contributed by atoms with Crippen molar-refractivity contribution in [1.82, 2.24) is 4.98 Å². The summed E-state index contributed by atoms with van der Waals surface area (Å²) in [5.74, 6) is 1.52. The minimum absolute atomic E-state index is 0.0161. The molecule has 1 saturated carbocycles. The zero-order valence-electron chi connectivity index (χ0n) is 10.7. The minimum Gasteiger partial charge on any atom is -0.489 e. The Morgan fingerprint density at radius 2 is 2.12 bits per heavy atom. The highest BCUT2D eigenvalue weighted by molar-refractivity contribution is 5.21. The molecule has 0 spiro atoms. The summed E-state index contributed by atoms with van der Waals surface area (Å²) < 4.78 is 6.00. The van der Waals surface area contributed by atoms with Crippen molar-refractivity contribution in [2.24, 2.45) is 11.7 Å². The summed E-state index contributed by atoms with van der Waals surface area (Å²) in [6.07, 6.45) is 7.20. The predicted octanol–water partition coefficient (Wildman–Crippen LogP) is 3.06. The van der Waals surface area contributed by atoms with Gasteiger partial charge in [-0.1, -0.05) is 13.3 Å². The van der Waals surface area contributed by atoms with E-state index < -0.39 is 0 Å². The Labute approximate surface area is 103 Å². The average Bonchev–Trinajstić information content (AvgIpc) is 2.33. The van der Waals surface area contributed by atoms with Gasteiger partial charge >= 0.3 is 0 Å². The lowest BCUT2D eigenvalue weighted by atomic mass is 9.88. The third-order valence-electron chi connectivity index (χ3n) is 3.55. The number of nitrogens with two attached hydrogens (primary N) is 1. The maximum atomic E-state index is 6.00. The summed E-state index contributed by atoms with van der Waals surface area (Å²) in [7, 11) is 0. The molecule has 3 unspecified atom stereocenters. The summed E-state index contributed by atoms with van der Waals surface area (Å²) in [4.78, 5) is 4.32. The van der Waals surface area contributed by atoms with Crippen LogP contribution in [0.3, 0.4) is 0 Å². The van der Waals surface area contributed by atoms with Gasteiger partial charge in [0.15, 0.2) is 0 Å². The number of pyridine rings is 1. The third-order valence-corrected chi connectivity index (χ3v) is 3.55. The fourth-order valence-corrected chi connectivity index (χ4v) is 2.36. The van der Waals surface area contributed by atoms with E-state index in [1.165, 1.54) is 19.3 Å². The van der Waals surface area contributed by atoms with Crippen LogP contribution < -0.4 is 10.5 Å². The van der Waals surface area contributed by atoms with E-state index in [1.54, 1.807) is 6.20 Å². The van der Waals surface area contributed by atoms with E-state index in [0.29, 0.717) is 12.0 Å². The molecule has 1 heterocycles. The third kappa shape index (κ3) is 3.19. The van der Waals surface area contributed by atoms with Crippen molar-refractivity contribution < 1.29 is 4.74 Å². The van der Waals surface area contributed by atoms with Gasteiger partial charge in [-0.2, -0.15) is 0 Å². The van der Waals surface area contributed by atoms with Crippen molar-refractivity contribution in [3.05, 3.63) is 24.0 Å². The molecule has 1 aliphatic carbocycles. The van der Waals surface area contributed by atoms with Crippen LogP contribution in [0, 0.1) is 5.92 Å². The molecule has 0 aromatic carbocycles. The first-order valence-corrected chi connectivity index (χ1v) is 6.55. The monoisotopic (exact) mass is 234 g/mol. The Hall–Kier alpha value is -1.09. The largest absolute Gasteiger partial charge is 0.489 e. The molecule has 1 fully saturated rings. The molecule has 1 aromatic heterocycles. The molecule has 0 aliphatic heterocycles. The second-order valence-electron chi connectivity index (χ2n) is 5.13. The smallest absolute Gasteiger partial charge is 0.138 e. The van der Waals surface area contributed by atoms with Gasteiger partial charge in [0.2, 0.25) is 0 Å². The van der Waals surface area contributed by atoms with E-state index in [2.05, 4.69) is 11.9 Å². The number of aromatic nitrogens is 1. The van der Waals surface area contributed by atoms with Crippen molar-refractivity contribution in [1.29, 1.82) is 0 Å². The Bertz CT molecular complexity index is 348. The summed E-state index contributed by atoms with van der Waals surface area (Å²) in [5, 5.41) is 0. The lowest BCUT2D eigenvalue weighted by Gasteiger charge is -2.29. The van der Waals surface area contributed by atoms with Crippen molar-refractivity contribution in [3.8, 4) is 5.75 Å². The molecule has 0 amide bonds. The summed E-state index contributed by atoms with van der Waals surface area (Å²) in [5.41, 5.74) is 6.68. The van der Waals surface area contributed by atoms with Gasteiger partial charge in [0.1, 0.15) is 11.9 Å². The standard InChI is InChI=1S/C14H22N2O/c1-10-5-3-4-6-14(10)17-12-7-8-13(11(2)15)16-9-12/h7-11,14H,3-6,15H2,1-2H3. The van der Waals surface area contributed by atoms with Gasteiger partial charge in [-0.05, 0) is 44.2 Å². The van der Waals surface area contributed by atoms with E-state index >= 15 is 0 Å². The van der Waals surface area contributed by atoms with Crippen LogP contribution in [0.1, 0.15) is 51.3 Å². The molecule has 0 saturated heterocycles. The van der Waals surface area contributed by atoms with Crippen molar-refractivity contribution in [2.75, 3.05) is 0 Å². The molecule has 2 N–H and O–H groups in total. The maximum absolute atomic E-state index is 6.00. The molecule has 0 bridgehead atoms. The quantitative estimate of drug-likeness (QED) is 0.874. The summed E-state index contributed by atoms with van der Waals surface area (Å²) in [6, 6.07) is 3.92.